The number of amides is 1. The van der Waals surface area contributed by atoms with E-state index in [0.29, 0.717) is 11.3 Å². The number of nitro benzene ring substituents is 1. The van der Waals surface area contributed by atoms with Gasteiger partial charge in [-0.05, 0) is 31.2 Å². The lowest BCUT2D eigenvalue weighted by Crippen LogP contribution is -2.29. The smallest absolute Gasteiger partial charge is 0.338 e. The lowest BCUT2D eigenvalue weighted by molar-refractivity contribution is -0.384. The summed E-state index contributed by atoms with van der Waals surface area (Å²) < 4.78 is 18.0. The van der Waals surface area contributed by atoms with Crippen molar-refractivity contribution >= 4 is 34.0 Å². The highest BCUT2D eigenvalue weighted by Gasteiger charge is 2.20. The van der Waals surface area contributed by atoms with Gasteiger partial charge >= 0.3 is 5.97 Å². The van der Waals surface area contributed by atoms with E-state index >= 15 is 0 Å². The highest BCUT2D eigenvalue weighted by atomic mass is 32.1. The van der Waals surface area contributed by atoms with Gasteiger partial charge in [0, 0.05) is 23.1 Å². The van der Waals surface area contributed by atoms with Crippen molar-refractivity contribution in [3.05, 3.63) is 75.4 Å². The number of halogens is 1. The number of non-ortho nitro benzene ring substituents is 1. The molecule has 8 nitrogen and oxygen atoms in total. The lowest BCUT2D eigenvalue weighted by Gasteiger charge is -2.12. The van der Waals surface area contributed by atoms with E-state index in [-0.39, 0.29) is 16.4 Å². The monoisotopic (exact) mass is 415 g/mol. The Morgan fingerprint density at radius 3 is 2.66 bits per heavy atom. The van der Waals surface area contributed by atoms with Gasteiger partial charge in [-0.15, -0.1) is 11.3 Å². The average molecular weight is 415 g/mol. The first kappa shape index (κ1) is 20.1. The van der Waals surface area contributed by atoms with Crippen molar-refractivity contribution in [2.75, 3.05) is 5.32 Å². The Kier molecular flexibility index (Phi) is 5.93. The van der Waals surface area contributed by atoms with Gasteiger partial charge in [-0.25, -0.2) is 14.2 Å². The minimum Gasteiger partial charge on any atom is -0.449 e. The molecule has 0 saturated heterocycles. The maximum Gasteiger partial charge on any atom is 0.338 e. The van der Waals surface area contributed by atoms with E-state index in [1.54, 1.807) is 17.5 Å². The van der Waals surface area contributed by atoms with Crippen LogP contribution in [0.4, 0.5) is 15.2 Å². The summed E-state index contributed by atoms with van der Waals surface area (Å²) in [5.74, 6) is -1.85. The van der Waals surface area contributed by atoms with Crippen molar-refractivity contribution < 1.29 is 23.6 Å². The predicted octanol–water partition coefficient (Wildman–Crippen LogP) is 4.04. The van der Waals surface area contributed by atoms with Crippen LogP contribution in [0.5, 0.6) is 0 Å². The average Bonchev–Trinajstić information content (AvgIpc) is 3.17. The maximum atomic E-state index is 12.9. The van der Waals surface area contributed by atoms with Crippen LogP contribution in [-0.2, 0) is 9.53 Å². The fraction of sp³-hybridized carbons (Fsp3) is 0.105. The number of carbonyl (C=O) groups is 2. The van der Waals surface area contributed by atoms with Gasteiger partial charge in [-0.2, -0.15) is 0 Å². The molecule has 0 aliphatic rings. The fourth-order valence-corrected chi connectivity index (χ4v) is 3.04. The molecule has 0 aliphatic carbocycles. The Morgan fingerprint density at radius 1 is 1.24 bits per heavy atom. The molecule has 29 heavy (non-hydrogen) atoms. The molecule has 0 bridgehead atoms. The van der Waals surface area contributed by atoms with Gasteiger partial charge in [0.05, 0.1) is 16.2 Å². The Bertz CT molecular complexity index is 1070. The van der Waals surface area contributed by atoms with Crippen molar-refractivity contribution in [2.24, 2.45) is 0 Å². The summed E-state index contributed by atoms with van der Waals surface area (Å²) in [6.07, 6.45) is -1.11. The molecule has 1 N–H and O–H groups in total. The van der Waals surface area contributed by atoms with Gasteiger partial charge in [0.2, 0.25) is 0 Å². The van der Waals surface area contributed by atoms with Crippen LogP contribution >= 0.6 is 11.3 Å². The van der Waals surface area contributed by atoms with Gasteiger partial charge in [-0.3, -0.25) is 20.2 Å². The zero-order valence-corrected chi connectivity index (χ0v) is 15.8. The van der Waals surface area contributed by atoms with Crippen LogP contribution in [0.2, 0.25) is 0 Å². The van der Waals surface area contributed by atoms with Gasteiger partial charge in [0.1, 0.15) is 5.82 Å². The maximum absolute atomic E-state index is 12.9. The lowest BCUT2D eigenvalue weighted by atomic mass is 10.1. The number of rotatable bonds is 6. The van der Waals surface area contributed by atoms with Gasteiger partial charge in [-0.1, -0.05) is 12.1 Å². The van der Waals surface area contributed by atoms with Crippen LogP contribution < -0.4 is 5.32 Å². The first-order valence-corrected chi connectivity index (χ1v) is 9.19. The summed E-state index contributed by atoms with van der Waals surface area (Å²) in [4.78, 5) is 38.9. The third-order valence-electron chi connectivity index (χ3n) is 3.82. The van der Waals surface area contributed by atoms with Crippen LogP contribution in [-0.4, -0.2) is 27.9 Å². The van der Waals surface area contributed by atoms with Crippen molar-refractivity contribution in [2.45, 2.75) is 13.0 Å². The second kappa shape index (κ2) is 8.57. The predicted molar refractivity (Wildman–Crippen MR) is 104 cm³/mol. The molecule has 0 aliphatic heterocycles. The van der Waals surface area contributed by atoms with Crippen LogP contribution in [0.15, 0.2) is 53.9 Å². The largest absolute Gasteiger partial charge is 0.449 e. The highest BCUT2D eigenvalue weighted by Crippen LogP contribution is 2.27. The topological polar surface area (TPSA) is 111 Å². The molecule has 1 aromatic heterocycles. The second-order valence-electron chi connectivity index (χ2n) is 5.89. The van der Waals surface area contributed by atoms with Crippen LogP contribution in [0.1, 0.15) is 17.3 Å². The van der Waals surface area contributed by atoms with Crippen LogP contribution in [0, 0.1) is 15.9 Å². The third-order valence-corrected chi connectivity index (χ3v) is 4.58. The van der Waals surface area contributed by atoms with Crippen LogP contribution in [0.25, 0.3) is 11.3 Å². The molecular weight excluding hydrogens is 401 g/mol. The number of hydrogen-bond acceptors (Lipinski definition) is 7. The van der Waals surface area contributed by atoms with Crippen LogP contribution in [0.3, 0.4) is 0 Å². The minimum atomic E-state index is -1.11. The zero-order chi connectivity index (χ0) is 21.0. The molecule has 1 atom stereocenters. The number of carbonyl (C=O) groups excluding carboxylic acids is 2. The van der Waals surface area contributed by atoms with Gasteiger partial charge < -0.3 is 4.74 Å². The number of nitrogens with one attached hydrogen (secondary N) is 1. The molecule has 1 heterocycles. The van der Waals surface area contributed by atoms with Crippen molar-refractivity contribution in [1.82, 2.24) is 4.98 Å². The first-order chi connectivity index (χ1) is 13.8. The van der Waals surface area contributed by atoms with Gasteiger partial charge in [0.25, 0.3) is 11.6 Å². The summed E-state index contributed by atoms with van der Waals surface area (Å²) in [7, 11) is 0. The summed E-state index contributed by atoms with van der Waals surface area (Å²) in [5.41, 5.74) is 1.05. The number of aromatic nitrogens is 1. The Hall–Kier alpha value is -3.66. The van der Waals surface area contributed by atoms with E-state index in [4.69, 9.17) is 4.74 Å². The third kappa shape index (κ3) is 4.99. The Labute approximate surface area is 168 Å². The molecule has 0 unspecified atom stereocenters. The molecular formula is C19H14FN3O5S. The summed E-state index contributed by atoms with van der Waals surface area (Å²) >= 11 is 1.13. The molecule has 3 rings (SSSR count). The quantitative estimate of drug-likeness (QED) is 0.369. The summed E-state index contributed by atoms with van der Waals surface area (Å²) in [6, 6.07) is 10.7. The molecule has 0 saturated carbocycles. The Morgan fingerprint density at radius 2 is 1.97 bits per heavy atom. The molecule has 148 valence electrons. The van der Waals surface area contributed by atoms with Crippen molar-refractivity contribution in [1.29, 1.82) is 0 Å². The SMILES string of the molecule is C[C@H](OC(=O)c1ccc(F)cc1)C(=O)Nc1nc(-c2cccc([N+](=O)[O-])c2)cs1. The first-order valence-electron chi connectivity index (χ1n) is 8.31. The van der Waals surface area contributed by atoms with E-state index in [0.717, 1.165) is 23.5 Å². The number of esters is 1. The number of nitro groups is 1. The molecule has 2 aromatic carbocycles. The van der Waals surface area contributed by atoms with Crippen molar-refractivity contribution in [3.63, 3.8) is 0 Å². The molecule has 0 fully saturated rings. The zero-order valence-electron chi connectivity index (χ0n) is 15.0. The molecule has 10 heteroatoms. The molecule has 0 radical (unpaired) electrons. The van der Waals surface area contributed by atoms with E-state index < -0.39 is 28.7 Å². The Balaban J connectivity index is 1.63. The number of ether oxygens (including phenoxy) is 1. The van der Waals surface area contributed by atoms with E-state index in [1.807, 2.05) is 0 Å². The summed E-state index contributed by atoms with van der Waals surface area (Å²) in [6.45, 7) is 1.39. The number of benzene rings is 2. The molecule has 1 amide bonds. The minimum absolute atomic E-state index is 0.0672. The molecule has 0 spiro atoms. The highest BCUT2D eigenvalue weighted by molar-refractivity contribution is 7.14. The van der Waals surface area contributed by atoms with E-state index in [9.17, 15) is 24.1 Å². The second-order valence-corrected chi connectivity index (χ2v) is 6.75. The summed E-state index contributed by atoms with van der Waals surface area (Å²) in [5, 5.41) is 15.3. The van der Waals surface area contributed by atoms with E-state index in [2.05, 4.69) is 10.3 Å². The van der Waals surface area contributed by atoms with Crippen molar-refractivity contribution in [3.8, 4) is 11.3 Å². The van der Waals surface area contributed by atoms with Gasteiger partial charge in [0.15, 0.2) is 11.2 Å². The fourth-order valence-electron chi connectivity index (χ4n) is 2.32. The standard InChI is InChI=1S/C19H14FN3O5S/c1-11(28-18(25)12-5-7-14(20)8-6-12)17(24)22-19-21-16(10-29-19)13-3-2-4-15(9-13)23(26)27/h2-11H,1H3,(H,21,22,24)/t11-/m0/s1. The normalized spacial score (nSPS) is 11.5. The van der Waals surface area contributed by atoms with E-state index in [1.165, 1.54) is 31.2 Å². The number of thiazole rings is 1. The number of anilines is 1. The number of hydrogen-bond donors (Lipinski definition) is 1. The molecule has 3 aromatic rings. The number of nitrogens with zero attached hydrogens (tertiary/aromatic N) is 2.